The van der Waals surface area contributed by atoms with Gasteiger partial charge in [0, 0.05) is 24.3 Å². The molecule has 0 aliphatic carbocycles. The minimum absolute atomic E-state index is 0.343. The standard InChI is InChI=1S/C18H19ClFN3/c1-14-5-7-15(8-6-14)22-9-11-23(12-10-22)21-13-16-17(19)3-2-4-18(16)20/h2-8,13H,9-12H2,1H3/b21-13+. The van der Waals surface area contributed by atoms with Crippen LogP contribution >= 0.6 is 11.6 Å². The molecule has 0 atom stereocenters. The molecule has 1 aliphatic rings. The molecule has 1 aliphatic heterocycles. The van der Waals surface area contributed by atoms with E-state index in [1.165, 1.54) is 23.5 Å². The van der Waals surface area contributed by atoms with Crippen LogP contribution < -0.4 is 4.90 Å². The first-order chi connectivity index (χ1) is 11.1. The molecule has 1 saturated heterocycles. The van der Waals surface area contributed by atoms with Gasteiger partial charge < -0.3 is 4.90 Å². The Hall–Kier alpha value is -2.07. The third-order valence-electron chi connectivity index (χ3n) is 4.01. The lowest BCUT2D eigenvalue weighted by atomic mass is 10.2. The van der Waals surface area contributed by atoms with Crippen molar-refractivity contribution in [2.45, 2.75) is 6.92 Å². The van der Waals surface area contributed by atoms with E-state index in [2.05, 4.69) is 41.2 Å². The van der Waals surface area contributed by atoms with Crippen LogP contribution in [0.5, 0.6) is 0 Å². The maximum absolute atomic E-state index is 13.7. The predicted molar refractivity (Wildman–Crippen MR) is 94.0 cm³/mol. The summed E-state index contributed by atoms with van der Waals surface area (Å²) in [6.07, 6.45) is 1.51. The summed E-state index contributed by atoms with van der Waals surface area (Å²) in [7, 11) is 0. The third-order valence-corrected chi connectivity index (χ3v) is 4.33. The van der Waals surface area contributed by atoms with E-state index in [0.717, 1.165) is 26.2 Å². The van der Waals surface area contributed by atoms with E-state index in [1.54, 1.807) is 12.1 Å². The van der Waals surface area contributed by atoms with Crippen molar-refractivity contribution in [3.8, 4) is 0 Å². The maximum Gasteiger partial charge on any atom is 0.133 e. The number of hydrogen-bond donors (Lipinski definition) is 0. The summed E-state index contributed by atoms with van der Waals surface area (Å²) in [4.78, 5) is 2.33. The molecule has 3 nitrogen and oxygen atoms in total. The van der Waals surface area contributed by atoms with Gasteiger partial charge in [0.2, 0.25) is 0 Å². The van der Waals surface area contributed by atoms with Gasteiger partial charge in [-0.1, -0.05) is 35.4 Å². The van der Waals surface area contributed by atoms with E-state index >= 15 is 0 Å². The summed E-state index contributed by atoms with van der Waals surface area (Å²) in [6, 6.07) is 13.2. The molecule has 5 heteroatoms. The van der Waals surface area contributed by atoms with E-state index in [0.29, 0.717) is 10.6 Å². The van der Waals surface area contributed by atoms with Crippen LogP contribution in [0.2, 0.25) is 5.02 Å². The van der Waals surface area contributed by atoms with Crippen LogP contribution in [-0.2, 0) is 0 Å². The summed E-state index contributed by atoms with van der Waals surface area (Å²) < 4.78 is 13.7. The highest BCUT2D eigenvalue weighted by molar-refractivity contribution is 6.33. The Kier molecular flexibility index (Phi) is 4.82. The molecule has 0 aromatic heterocycles. The highest BCUT2D eigenvalue weighted by Crippen LogP contribution is 2.19. The number of hydrazone groups is 1. The number of benzene rings is 2. The predicted octanol–water partition coefficient (Wildman–Crippen LogP) is 3.94. The first kappa shape index (κ1) is 15.8. The van der Waals surface area contributed by atoms with E-state index in [-0.39, 0.29) is 5.82 Å². The van der Waals surface area contributed by atoms with Gasteiger partial charge in [-0.3, -0.25) is 5.01 Å². The summed E-state index contributed by atoms with van der Waals surface area (Å²) in [5.74, 6) is -0.348. The van der Waals surface area contributed by atoms with Gasteiger partial charge in [0.05, 0.1) is 24.3 Å². The molecule has 2 aromatic carbocycles. The molecule has 3 rings (SSSR count). The van der Waals surface area contributed by atoms with Crippen molar-refractivity contribution in [3.63, 3.8) is 0 Å². The highest BCUT2D eigenvalue weighted by atomic mass is 35.5. The average molecular weight is 332 g/mol. The lowest BCUT2D eigenvalue weighted by molar-refractivity contribution is 0.272. The van der Waals surface area contributed by atoms with E-state index in [1.807, 2.05) is 5.01 Å². The Bertz CT molecular complexity index is 672. The molecule has 23 heavy (non-hydrogen) atoms. The van der Waals surface area contributed by atoms with Gasteiger partial charge in [0.1, 0.15) is 5.82 Å². The SMILES string of the molecule is Cc1ccc(N2CCN(/N=C/c3c(F)cccc3Cl)CC2)cc1. The highest BCUT2D eigenvalue weighted by Gasteiger charge is 2.15. The fourth-order valence-electron chi connectivity index (χ4n) is 2.60. The van der Waals surface area contributed by atoms with Crippen molar-refractivity contribution in [1.82, 2.24) is 5.01 Å². The molecule has 120 valence electrons. The molecular weight excluding hydrogens is 313 g/mol. The van der Waals surface area contributed by atoms with Gasteiger partial charge in [-0.15, -0.1) is 0 Å². The second kappa shape index (κ2) is 7.01. The molecule has 0 unspecified atom stereocenters. The Labute approximate surface area is 141 Å². The first-order valence-electron chi connectivity index (χ1n) is 7.68. The molecule has 0 radical (unpaired) electrons. The van der Waals surface area contributed by atoms with Crippen molar-refractivity contribution in [1.29, 1.82) is 0 Å². The minimum Gasteiger partial charge on any atom is -0.368 e. The van der Waals surface area contributed by atoms with Crippen LogP contribution in [0, 0.1) is 12.7 Å². The van der Waals surface area contributed by atoms with Crippen LogP contribution in [0.1, 0.15) is 11.1 Å². The Morgan fingerprint density at radius 2 is 1.74 bits per heavy atom. The molecule has 1 heterocycles. The van der Waals surface area contributed by atoms with Crippen LogP contribution in [0.3, 0.4) is 0 Å². The van der Waals surface area contributed by atoms with Gasteiger partial charge in [-0.05, 0) is 31.2 Å². The van der Waals surface area contributed by atoms with E-state index in [9.17, 15) is 4.39 Å². The quantitative estimate of drug-likeness (QED) is 0.793. The average Bonchev–Trinajstić information content (AvgIpc) is 2.56. The molecule has 2 aromatic rings. The van der Waals surface area contributed by atoms with Crippen molar-refractivity contribution in [2.24, 2.45) is 5.10 Å². The van der Waals surface area contributed by atoms with Crippen molar-refractivity contribution >= 4 is 23.5 Å². The van der Waals surface area contributed by atoms with Crippen LogP contribution in [0.4, 0.5) is 10.1 Å². The Balaban J connectivity index is 1.61. The van der Waals surface area contributed by atoms with Gasteiger partial charge in [-0.25, -0.2) is 4.39 Å². The second-order valence-corrected chi connectivity index (χ2v) is 6.06. The zero-order chi connectivity index (χ0) is 16.2. The van der Waals surface area contributed by atoms with Gasteiger partial charge in [-0.2, -0.15) is 5.10 Å². The molecule has 0 saturated carbocycles. The maximum atomic E-state index is 13.7. The summed E-state index contributed by atoms with van der Waals surface area (Å²) in [5, 5.41) is 6.71. The van der Waals surface area contributed by atoms with Gasteiger partial charge in [0.15, 0.2) is 0 Å². The monoisotopic (exact) mass is 331 g/mol. The zero-order valence-electron chi connectivity index (χ0n) is 13.0. The summed E-state index contributed by atoms with van der Waals surface area (Å²) in [6.45, 7) is 5.48. The number of rotatable bonds is 3. The molecule has 0 N–H and O–H groups in total. The van der Waals surface area contributed by atoms with Crippen molar-refractivity contribution < 1.29 is 4.39 Å². The van der Waals surface area contributed by atoms with Crippen molar-refractivity contribution in [3.05, 3.63) is 64.4 Å². The first-order valence-corrected chi connectivity index (χ1v) is 8.06. The fraction of sp³-hybridized carbons (Fsp3) is 0.278. The number of anilines is 1. The topological polar surface area (TPSA) is 18.8 Å². The molecular formula is C18H19ClFN3. The van der Waals surface area contributed by atoms with Gasteiger partial charge >= 0.3 is 0 Å². The minimum atomic E-state index is -0.348. The zero-order valence-corrected chi connectivity index (χ0v) is 13.8. The lowest BCUT2D eigenvalue weighted by Gasteiger charge is -2.34. The third kappa shape index (κ3) is 3.82. The summed E-state index contributed by atoms with van der Waals surface area (Å²) in [5.41, 5.74) is 2.84. The van der Waals surface area contributed by atoms with Crippen LogP contribution in [0.25, 0.3) is 0 Å². The largest absolute Gasteiger partial charge is 0.368 e. The smallest absolute Gasteiger partial charge is 0.133 e. The number of hydrogen-bond acceptors (Lipinski definition) is 3. The Morgan fingerprint density at radius 3 is 2.39 bits per heavy atom. The Morgan fingerprint density at radius 1 is 1.04 bits per heavy atom. The lowest BCUT2D eigenvalue weighted by Crippen LogP contribution is -2.44. The van der Waals surface area contributed by atoms with E-state index in [4.69, 9.17) is 11.6 Å². The molecule has 0 bridgehead atoms. The van der Waals surface area contributed by atoms with Crippen LogP contribution in [0.15, 0.2) is 47.6 Å². The number of nitrogens with zero attached hydrogens (tertiary/aromatic N) is 3. The molecule has 1 fully saturated rings. The summed E-state index contributed by atoms with van der Waals surface area (Å²) >= 11 is 6.01. The van der Waals surface area contributed by atoms with Crippen LogP contribution in [-0.4, -0.2) is 37.4 Å². The van der Waals surface area contributed by atoms with Gasteiger partial charge in [0.25, 0.3) is 0 Å². The second-order valence-electron chi connectivity index (χ2n) is 5.66. The normalized spacial score (nSPS) is 15.4. The number of piperazine rings is 1. The van der Waals surface area contributed by atoms with Crippen molar-refractivity contribution in [2.75, 3.05) is 31.1 Å². The fourth-order valence-corrected chi connectivity index (χ4v) is 2.81. The molecule has 0 amide bonds. The number of aryl methyl sites for hydroxylation is 1. The molecule has 0 spiro atoms. The number of halogens is 2. The van der Waals surface area contributed by atoms with E-state index < -0.39 is 0 Å².